The summed E-state index contributed by atoms with van der Waals surface area (Å²) in [7, 11) is 0. The third kappa shape index (κ3) is 4.11. The number of nitrogens with two attached hydrogens (primary N) is 1. The third-order valence-electron chi connectivity index (χ3n) is 2.31. The number of aliphatic hydroxyl groups is 1. The molecule has 0 spiro atoms. The van der Waals surface area contributed by atoms with Crippen molar-refractivity contribution < 1.29 is 19.8 Å². The average Bonchev–Trinajstić information content (AvgIpc) is 2.36. The highest BCUT2D eigenvalue weighted by atomic mass is 16.4. The van der Waals surface area contributed by atoms with Gasteiger partial charge in [0.15, 0.2) is 0 Å². The lowest BCUT2D eigenvalue weighted by Gasteiger charge is -2.15. The molecule has 2 atom stereocenters. The van der Waals surface area contributed by atoms with E-state index in [9.17, 15) is 9.59 Å². The Balaban J connectivity index is 2.54. The molecule has 18 heavy (non-hydrogen) atoms. The summed E-state index contributed by atoms with van der Waals surface area (Å²) < 4.78 is 0. The third-order valence-corrected chi connectivity index (χ3v) is 2.31. The Kier molecular flexibility index (Phi) is 5.22. The lowest BCUT2D eigenvalue weighted by molar-refractivity contribution is -0.143. The molecule has 7 nitrogen and oxygen atoms in total. The molecule has 0 unspecified atom stereocenters. The summed E-state index contributed by atoms with van der Waals surface area (Å²) in [6, 6.07) is 1.26. The smallest absolute Gasteiger partial charge is 0.328 e. The fourth-order valence-corrected chi connectivity index (χ4v) is 1.33. The first-order chi connectivity index (χ1) is 8.54. The van der Waals surface area contributed by atoms with Crippen molar-refractivity contribution in [3.05, 3.63) is 30.1 Å². The predicted molar refractivity (Wildman–Crippen MR) is 62.6 cm³/mol. The van der Waals surface area contributed by atoms with Crippen LogP contribution in [0.15, 0.2) is 24.5 Å². The van der Waals surface area contributed by atoms with E-state index < -0.39 is 30.6 Å². The maximum Gasteiger partial charge on any atom is 0.328 e. The van der Waals surface area contributed by atoms with Gasteiger partial charge >= 0.3 is 5.97 Å². The molecule has 0 aliphatic carbocycles. The first kappa shape index (κ1) is 14.1. The minimum atomic E-state index is -1.34. The normalized spacial score (nSPS) is 13.7. The Labute approximate surface area is 104 Å². The van der Waals surface area contributed by atoms with Crippen LogP contribution in [0.2, 0.25) is 0 Å². The molecule has 0 saturated carbocycles. The van der Waals surface area contributed by atoms with Gasteiger partial charge < -0.3 is 21.3 Å². The second-order valence-corrected chi connectivity index (χ2v) is 3.75. The van der Waals surface area contributed by atoms with Gasteiger partial charge in [-0.2, -0.15) is 0 Å². The van der Waals surface area contributed by atoms with Crippen molar-refractivity contribution >= 4 is 11.9 Å². The van der Waals surface area contributed by atoms with Crippen molar-refractivity contribution in [1.29, 1.82) is 0 Å². The van der Waals surface area contributed by atoms with E-state index in [4.69, 9.17) is 15.9 Å². The molecule has 1 amide bonds. The number of hydrogen-bond acceptors (Lipinski definition) is 5. The number of carbonyl (C=O) groups is 2. The van der Waals surface area contributed by atoms with Crippen molar-refractivity contribution in [1.82, 2.24) is 10.3 Å². The minimum absolute atomic E-state index is 0.247. The van der Waals surface area contributed by atoms with E-state index in [1.165, 1.54) is 0 Å². The van der Waals surface area contributed by atoms with E-state index in [2.05, 4.69) is 10.3 Å². The van der Waals surface area contributed by atoms with E-state index >= 15 is 0 Å². The van der Waals surface area contributed by atoms with Crippen molar-refractivity contribution in [2.45, 2.75) is 18.5 Å². The average molecular weight is 253 g/mol. The zero-order chi connectivity index (χ0) is 13.5. The van der Waals surface area contributed by atoms with Crippen LogP contribution in [0.5, 0.6) is 0 Å². The number of amides is 1. The fraction of sp³-hybridized carbons (Fsp3) is 0.364. The maximum atomic E-state index is 11.6. The van der Waals surface area contributed by atoms with Gasteiger partial charge in [0.05, 0.1) is 12.6 Å². The summed E-state index contributed by atoms with van der Waals surface area (Å²) >= 11 is 0. The Morgan fingerprint density at radius 3 is 2.72 bits per heavy atom. The number of hydrogen-bond donors (Lipinski definition) is 4. The Bertz CT molecular complexity index is 410. The Hall–Kier alpha value is -1.99. The standard InChI is InChI=1S/C11H15N3O4/c12-8(4-7-2-1-3-13-5-7)10(16)14-9(6-15)11(17)18/h1-3,5,8-9,15H,4,6,12H2,(H,14,16)(H,17,18)/t8-,9-/m0/s1. The minimum Gasteiger partial charge on any atom is -0.480 e. The number of pyridine rings is 1. The van der Waals surface area contributed by atoms with E-state index in [0.717, 1.165) is 5.56 Å². The SMILES string of the molecule is N[C@@H](Cc1cccnc1)C(=O)N[C@@H](CO)C(=O)O. The van der Waals surface area contributed by atoms with Crippen molar-refractivity contribution in [3.63, 3.8) is 0 Å². The highest BCUT2D eigenvalue weighted by Gasteiger charge is 2.22. The number of rotatable bonds is 6. The lowest BCUT2D eigenvalue weighted by atomic mass is 10.1. The molecular formula is C11H15N3O4. The van der Waals surface area contributed by atoms with Crippen LogP contribution in [-0.4, -0.2) is 45.8 Å². The maximum absolute atomic E-state index is 11.6. The van der Waals surface area contributed by atoms with Gasteiger partial charge in [-0.15, -0.1) is 0 Å². The van der Waals surface area contributed by atoms with Crippen LogP contribution < -0.4 is 11.1 Å². The molecule has 98 valence electrons. The van der Waals surface area contributed by atoms with Crippen molar-refractivity contribution in [2.75, 3.05) is 6.61 Å². The first-order valence-electron chi connectivity index (χ1n) is 5.33. The molecule has 0 radical (unpaired) electrons. The summed E-state index contributed by atoms with van der Waals surface area (Å²) in [4.78, 5) is 26.1. The Morgan fingerprint density at radius 1 is 1.50 bits per heavy atom. The molecule has 7 heteroatoms. The molecule has 0 fully saturated rings. The van der Waals surface area contributed by atoms with Crippen LogP contribution in [0.4, 0.5) is 0 Å². The van der Waals surface area contributed by atoms with Gasteiger partial charge in [-0.3, -0.25) is 9.78 Å². The molecule has 0 aromatic carbocycles. The molecule has 0 saturated heterocycles. The number of aliphatic hydroxyl groups excluding tert-OH is 1. The quantitative estimate of drug-likeness (QED) is 0.489. The number of aromatic nitrogens is 1. The Morgan fingerprint density at radius 2 is 2.22 bits per heavy atom. The van der Waals surface area contributed by atoms with E-state index in [-0.39, 0.29) is 6.42 Å². The molecular weight excluding hydrogens is 238 g/mol. The number of aliphatic carboxylic acids is 1. The van der Waals surface area contributed by atoms with E-state index in [1.54, 1.807) is 24.5 Å². The topological polar surface area (TPSA) is 126 Å². The second kappa shape index (κ2) is 6.67. The first-order valence-corrected chi connectivity index (χ1v) is 5.33. The van der Waals surface area contributed by atoms with Gasteiger partial charge in [-0.05, 0) is 18.1 Å². The van der Waals surface area contributed by atoms with Gasteiger partial charge in [0.2, 0.25) is 5.91 Å². The van der Waals surface area contributed by atoms with Gasteiger partial charge in [-0.25, -0.2) is 4.79 Å². The molecule has 1 aromatic rings. The molecule has 0 aliphatic heterocycles. The summed E-state index contributed by atoms with van der Waals surface area (Å²) in [5.74, 6) is -1.93. The number of nitrogens with zero attached hydrogens (tertiary/aromatic N) is 1. The predicted octanol–water partition coefficient (Wildman–Crippen LogP) is -1.49. The number of carbonyl (C=O) groups excluding carboxylic acids is 1. The van der Waals surface area contributed by atoms with Gasteiger partial charge in [-0.1, -0.05) is 6.07 Å². The summed E-state index contributed by atoms with van der Waals surface area (Å²) in [5.41, 5.74) is 6.41. The highest BCUT2D eigenvalue weighted by Crippen LogP contribution is 2.00. The monoisotopic (exact) mass is 253 g/mol. The molecule has 5 N–H and O–H groups in total. The van der Waals surface area contributed by atoms with Crippen LogP contribution in [-0.2, 0) is 16.0 Å². The van der Waals surface area contributed by atoms with Crippen molar-refractivity contribution in [3.8, 4) is 0 Å². The summed E-state index contributed by atoms with van der Waals surface area (Å²) in [5, 5.41) is 19.6. The van der Waals surface area contributed by atoms with Gasteiger partial charge in [0, 0.05) is 12.4 Å². The zero-order valence-corrected chi connectivity index (χ0v) is 9.61. The molecule has 1 aromatic heterocycles. The molecule has 1 heterocycles. The largest absolute Gasteiger partial charge is 0.480 e. The zero-order valence-electron chi connectivity index (χ0n) is 9.61. The molecule has 0 aliphatic rings. The summed E-state index contributed by atoms with van der Waals surface area (Å²) in [6.07, 6.45) is 3.42. The fourth-order valence-electron chi connectivity index (χ4n) is 1.33. The van der Waals surface area contributed by atoms with Crippen LogP contribution >= 0.6 is 0 Å². The summed E-state index contributed by atoms with van der Waals surface area (Å²) in [6.45, 7) is -0.680. The van der Waals surface area contributed by atoms with Crippen molar-refractivity contribution in [2.24, 2.45) is 5.73 Å². The van der Waals surface area contributed by atoms with Crippen LogP contribution in [0.3, 0.4) is 0 Å². The number of carboxylic acid groups (broad SMARTS) is 1. The van der Waals surface area contributed by atoms with Crippen LogP contribution in [0, 0.1) is 0 Å². The highest BCUT2D eigenvalue weighted by molar-refractivity contribution is 5.87. The molecule has 1 rings (SSSR count). The van der Waals surface area contributed by atoms with Crippen LogP contribution in [0.25, 0.3) is 0 Å². The molecule has 0 bridgehead atoms. The number of carboxylic acids is 1. The van der Waals surface area contributed by atoms with Gasteiger partial charge in [0.25, 0.3) is 0 Å². The van der Waals surface area contributed by atoms with Crippen LogP contribution in [0.1, 0.15) is 5.56 Å². The van der Waals surface area contributed by atoms with Gasteiger partial charge in [0.1, 0.15) is 6.04 Å². The second-order valence-electron chi connectivity index (χ2n) is 3.75. The van der Waals surface area contributed by atoms with E-state index in [1.807, 2.05) is 0 Å². The van der Waals surface area contributed by atoms with E-state index in [0.29, 0.717) is 0 Å². The lowest BCUT2D eigenvalue weighted by Crippen LogP contribution is -2.50. The number of nitrogens with one attached hydrogen (secondary N) is 1.